The molecule has 2 aliphatic rings. The van der Waals surface area contributed by atoms with Crippen molar-refractivity contribution in [2.45, 2.75) is 37.8 Å². The Bertz CT molecular complexity index is 403. The molecule has 2 aliphatic heterocycles. The summed E-state index contributed by atoms with van der Waals surface area (Å²) in [4.78, 5) is 15.2. The molecule has 3 nitrogen and oxygen atoms in total. The third-order valence-electron chi connectivity index (χ3n) is 4.49. The number of carbonyl (C=O) groups excluding carboxylic acids is 1. The quantitative estimate of drug-likeness (QED) is 0.909. The predicted octanol–water partition coefficient (Wildman–Crippen LogP) is 2.35. The first-order chi connectivity index (χ1) is 8.74. The topological polar surface area (TPSA) is 32.3 Å². The molecular formula is C14H20N2OS. The molecule has 1 aromatic heterocycles. The minimum absolute atomic E-state index is 0.0938. The van der Waals surface area contributed by atoms with Crippen molar-refractivity contribution < 1.29 is 4.79 Å². The van der Waals surface area contributed by atoms with Crippen molar-refractivity contribution in [2.75, 3.05) is 13.6 Å². The van der Waals surface area contributed by atoms with E-state index in [9.17, 15) is 4.79 Å². The predicted molar refractivity (Wildman–Crippen MR) is 73.9 cm³/mol. The fourth-order valence-corrected chi connectivity index (χ4v) is 4.06. The molecule has 0 aromatic carbocycles. The van der Waals surface area contributed by atoms with Gasteiger partial charge in [0.2, 0.25) is 0 Å². The van der Waals surface area contributed by atoms with Crippen LogP contribution in [0.5, 0.6) is 0 Å². The van der Waals surface area contributed by atoms with E-state index in [-0.39, 0.29) is 5.91 Å². The van der Waals surface area contributed by atoms with E-state index in [0.717, 1.165) is 23.5 Å². The Hall–Kier alpha value is -0.870. The summed E-state index contributed by atoms with van der Waals surface area (Å²) in [6.45, 7) is 0.845. The lowest BCUT2D eigenvalue weighted by molar-refractivity contribution is 0.0921. The summed E-state index contributed by atoms with van der Waals surface area (Å²) in [5.74, 6) is 0.763. The molecule has 0 saturated carbocycles. The fourth-order valence-electron chi connectivity index (χ4n) is 3.42. The van der Waals surface area contributed by atoms with E-state index in [4.69, 9.17) is 0 Å². The van der Waals surface area contributed by atoms with Crippen molar-refractivity contribution in [3.05, 3.63) is 22.4 Å². The van der Waals surface area contributed by atoms with Gasteiger partial charge < -0.3 is 10.2 Å². The number of thiophene rings is 1. The number of amides is 1. The van der Waals surface area contributed by atoms with Crippen molar-refractivity contribution >= 4 is 17.2 Å². The van der Waals surface area contributed by atoms with Crippen molar-refractivity contribution in [1.82, 2.24) is 10.2 Å². The molecular weight excluding hydrogens is 244 g/mol. The van der Waals surface area contributed by atoms with Crippen molar-refractivity contribution in [1.29, 1.82) is 0 Å². The van der Waals surface area contributed by atoms with Crippen LogP contribution in [-0.4, -0.2) is 36.5 Å². The number of hydrogen-bond donors (Lipinski definition) is 1. The van der Waals surface area contributed by atoms with Crippen LogP contribution in [0.2, 0.25) is 0 Å². The third-order valence-corrected chi connectivity index (χ3v) is 5.36. The second-order valence-electron chi connectivity index (χ2n) is 5.58. The van der Waals surface area contributed by atoms with Gasteiger partial charge in [-0.05, 0) is 50.1 Å². The molecule has 2 unspecified atom stereocenters. The van der Waals surface area contributed by atoms with Crippen LogP contribution < -0.4 is 5.32 Å². The van der Waals surface area contributed by atoms with Crippen LogP contribution in [-0.2, 0) is 0 Å². The molecule has 1 aromatic rings. The van der Waals surface area contributed by atoms with Gasteiger partial charge in [0.1, 0.15) is 0 Å². The van der Waals surface area contributed by atoms with Crippen LogP contribution in [0.4, 0.5) is 0 Å². The number of piperidine rings is 1. The second kappa shape index (κ2) is 5.02. The lowest BCUT2D eigenvalue weighted by Crippen LogP contribution is -2.43. The Balaban J connectivity index is 1.51. The van der Waals surface area contributed by atoms with Crippen LogP contribution in [0.15, 0.2) is 17.5 Å². The number of nitrogens with zero attached hydrogens (tertiary/aromatic N) is 1. The van der Waals surface area contributed by atoms with E-state index in [0.29, 0.717) is 5.92 Å². The normalized spacial score (nSPS) is 31.5. The molecule has 2 fully saturated rings. The first-order valence-electron chi connectivity index (χ1n) is 6.77. The number of fused-ring (bicyclic) bond motifs is 2. The molecule has 2 bridgehead atoms. The van der Waals surface area contributed by atoms with Crippen LogP contribution in [0.1, 0.15) is 35.4 Å². The van der Waals surface area contributed by atoms with Gasteiger partial charge in [-0.25, -0.2) is 0 Å². The number of hydrogen-bond acceptors (Lipinski definition) is 3. The van der Waals surface area contributed by atoms with Crippen molar-refractivity contribution in [2.24, 2.45) is 5.92 Å². The monoisotopic (exact) mass is 264 g/mol. The highest BCUT2D eigenvalue weighted by atomic mass is 32.1. The highest BCUT2D eigenvalue weighted by Gasteiger charge is 2.38. The fraction of sp³-hybridized carbons (Fsp3) is 0.643. The van der Waals surface area contributed by atoms with E-state index in [1.165, 1.54) is 37.0 Å². The second-order valence-corrected chi connectivity index (χ2v) is 6.52. The average Bonchev–Trinajstić information content (AvgIpc) is 2.94. The molecule has 3 heterocycles. The summed E-state index contributed by atoms with van der Waals surface area (Å²) in [6, 6.07) is 5.33. The molecule has 2 atom stereocenters. The van der Waals surface area contributed by atoms with Gasteiger partial charge in [-0.3, -0.25) is 4.79 Å². The maximum atomic E-state index is 11.9. The summed E-state index contributed by atoms with van der Waals surface area (Å²) in [7, 11) is 2.25. The Labute approximate surface area is 112 Å². The third kappa shape index (κ3) is 2.31. The number of carbonyl (C=O) groups is 1. The SMILES string of the molecule is CN1C2CCC1CC(CNC(=O)c1cccs1)C2. The number of nitrogens with one attached hydrogen (secondary N) is 1. The Morgan fingerprint density at radius 3 is 2.78 bits per heavy atom. The molecule has 4 heteroatoms. The van der Waals surface area contributed by atoms with Crippen molar-refractivity contribution in [3.63, 3.8) is 0 Å². The van der Waals surface area contributed by atoms with Gasteiger partial charge in [0.05, 0.1) is 4.88 Å². The highest BCUT2D eigenvalue weighted by Crippen LogP contribution is 2.37. The van der Waals surface area contributed by atoms with Gasteiger partial charge in [-0.15, -0.1) is 11.3 Å². The molecule has 3 rings (SSSR count). The van der Waals surface area contributed by atoms with E-state index in [1.54, 1.807) is 0 Å². The van der Waals surface area contributed by atoms with Crippen molar-refractivity contribution in [3.8, 4) is 0 Å². The van der Waals surface area contributed by atoms with Crippen LogP contribution >= 0.6 is 11.3 Å². The van der Waals surface area contributed by atoms with Gasteiger partial charge >= 0.3 is 0 Å². The molecule has 0 aliphatic carbocycles. The highest BCUT2D eigenvalue weighted by molar-refractivity contribution is 7.12. The first kappa shape index (κ1) is 12.2. The van der Waals surface area contributed by atoms with Gasteiger partial charge in [-0.1, -0.05) is 6.07 Å². The standard InChI is InChI=1S/C14H20N2OS/c1-16-11-4-5-12(16)8-10(7-11)9-15-14(17)13-3-2-6-18-13/h2-3,6,10-12H,4-5,7-9H2,1H3,(H,15,17). The van der Waals surface area contributed by atoms with Crippen LogP contribution in [0.3, 0.4) is 0 Å². The van der Waals surface area contributed by atoms with Gasteiger partial charge in [0.25, 0.3) is 5.91 Å². The first-order valence-corrected chi connectivity index (χ1v) is 7.65. The minimum Gasteiger partial charge on any atom is -0.351 e. The minimum atomic E-state index is 0.0938. The summed E-state index contributed by atoms with van der Waals surface area (Å²) in [5, 5.41) is 5.04. The molecule has 0 radical (unpaired) electrons. The molecule has 2 saturated heterocycles. The zero-order chi connectivity index (χ0) is 12.5. The maximum Gasteiger partial charge on any atom is 0.261 e. The Morgan fingerprint density at radius 1 is 1.44 bits per heavy atom. The molecule has 1 amide bonds. The van der Waals surface area contributed by atoms with Gasteiger partial charge in [-0.2, -0.15) is 0 Å². The average molecular weight is 264 g/mol. The van der Waals surface area contributed by atoms with Crippen LogP contribution in [0, 0.1) is 5.92 Å². The summed E-state index contributed by atoms with van der Waals surface area (Å²) in [6.07, 6.45) is 5.18. The van der Waals surface area contributed by atoms with E-state index >= 15 is 0 Å². The van der Waals surface area contributed by atoms with Gasteiger partial charge in [0.15, 0.2) is 0 Å². The molecule has 18 heavy (non-hydrogen) atoms. The van der Waals surface area contributed by atoms with E-state index in [2.05, 4.69) is 17.3 Å². The van der Waals surface area contributed by atoms with E-state index in [1.807, 2.05) is 17.5 Å². The molecule has 1 N–H and O–H groups in total. The summed E-state index contributed by atoms with van der Waals surface area (Å²) in [5.41, 5.74) is 0. The zero-order valence-electron chi connectivity index (χ0n) is 10.8. The maximum absolute atomic E-state index is 11.9. The van der Waals surface area contributed by atoms with Gasteiger partial charge in [0, 0.05) is 18.6 Å². The lowest BCUT2D eigenvalue weighted by Gasteiger charge is -2.36. The number of rotatable bonds is 3. The van der Waals surface area contributed by atoms with Crippen LogP contribution in [0.25, 0.3) is 0 Å². The Morgan fingerprint density at radius 2 is 2.17 bits per heavy atom. The summed E-state index contributed by atoms with van der Waals surface area (Å²) < 4.78 is 0. The largest absolute Gasteiger partial charge is 0.351 e. The molecule has 0 spiro atoms. The smallest absolute Gasteiger partial charge is 0.261 e. The molecule has 98 valence electrons. The zero-order valence-corrected chi connectivity index (χ0v) is 11.6. The van der Waals surface area contributed by atoms with E-state index < -0.39 is 0 Å². The Kier molecular flexibility index (Phi) is 3.39. The lowest BCUT2D eigenvalue weighted by atomic mass is 9.91. The summed E-state index contributed by atoms with van der Waals surface area (Å²) >= 11 is 1.51.